The summed E-state index contributed by atoms with van der Waals surface area (Å²) in [6.07, 6.45) is 25.1. The van der Waals surface area contributed by atoms with Crippen molar-refractivity contribution in [3.8, 4) is 0 Å². The van der Waals surface area contributed by atoms with Gasteiger partial charge in [-0.15, -0.1) is 0 Å². The Bertz CT molecular complexity index is 476. The van der Waals surface area contributed by atoms with Crippen molar-refractivity contribution in [3.05, 3.63) is 48.6 Å². The van der Waals surface area contributed by atoms with Crippen molar-refractivity contribution in [3.63, 3.8) is 0 Å². The molecule has 0 aromatic carbocycles. The molecule has 0 aromatic heterocycles. The van der Waals surface area contributed by atoms with Gasteiger partial charge in [-0.25, -0.2) is 0 Å². The second kappa shape index (κ2) is 5.12. The topological polar surface area (TPSA) is 0 Å². The van der Waals surface area contributed by atoms with Gasteiger partial charge in [-0.2, -0.15) is 0 Å². The lowest BCUT2D eigenvalue weighted by molar-refractivity contribution is 0.517. The average molecular weight is 297 g/mol. The van der Waals surface area contributed by atoms with E-state index in [1.54, 1.807) is 0 Å². The number of fused-ring (bicyclic) bond motifs is 2. The maximum Gasteiger partial charge on any atom is 0.0548 e. The summed E-state index contributed by atoms with van der Waals surface area (Å²) in [5, 5.41) is 0. The SMILES string of the molecule is C[Si](C)([C@H]1CCC2C=CC=CC21)[C@H]1CCC2C=CC=CC21. The van der Waals surface area contributed by atoms with Crippen LogP contribution >= 0.6 is 0 Å². The number of rotatable bonds is 2. The lowest BCUT2D eigenvalue weighted by atomic mass is 9.91. The molecule has 6 atom stereocenters. The molecule has 0 bridgehead atoms. The Morgan fingerprint density at radius 2 is 1.05 bits per heavy atom. The van der Waals surface area contributed by atoms with Crippen LogP contribution < -0.4 is 0 Å². The molecule has 2 fully saturated rings. The molecule has 1 heteroatoms. The third kappa shape index (κ3) is 2.16. The van der Waals surface area contributed by atoms with Crippen molar-refractivity contribution in [2.24, 2.45) is 23.7 Å². The van der Waals surface area contributed by atoms with E-state index < -0.39 is 8.07 Å². The van der Waals surface area contributed by atoms with E-state index in [-0.39, 0.29) is 0 Å². The van der Waals surface area contributed by atoms with Crippen LogP contribution in [0.2, 0.25) is 24.2 Å². The summed E-state index contributed by atoms with van der Waals surface area (Å²) < 4.78 is 0. The quantitative estimate of drug-likeness (QED) is 0.570. The highest BCUT2D eigenvalue weighted by Crippen LogP contribution is 2.58. The van der Waals surface area contributed by atoms with Gasteiger partial charge < -0.3 is 0 Å². The fraction of sp³-hybridized carbons (Fsp3) is 0.600. The Morgan fingerprint density at radius 3 is 1.52 bits per heavy atom. The molecule has 0 spiro atoms. The molecule has 4 aliphatic rings. The summed E-state index contributed by atoms with van der Waals surface area (Å²) in [6, 6.07) is 0. The van der Waals surface area contributed by atoms with Gasteiger partial charge in [0.25, 0.3) is 0 Å². The maximum atomic E-state index is 2.71. The average Bonchev–Trinajstić information content (AvgIpc) is 3.12. The summed E-state index contributed by atoms with van der Waals surface area (Å²) in [6.45, 7) is 5.43. The monoisotopic (exact) mass is 296 g/mol. The molecule has 4 aliphatic carbocycles. The molecule has 21 heavy (non-hydrogen) atoms. The smallest absolute Gasteiger partial charge is 0.0548 e. The molecule has 2 saturated carbocycles. The van der Waals surface area contributed by atoms with Crippen molar-refractivity contribution in [1.29, 1.82) is 0 Å². The zero-order valence-corrected chi connectivity index (χ0v) is 14.4. The molecule has 0 aliphatic heterocycles. The van der Waals surface area contributed by atoms with Crippen LogP contribution in [0.3, 0.4) is 0 Å². The normalized spacial score (nSPS) is 44.1. The molecule has 0 N–H and O–H groups in total. The minimum Gasteiger partial charge on any atom is -0.0808 e. The Morgan fingerprint density at radius 1 is 0.619 bits per heavy atom. The van der Waals surface area contributed by atoms with Gasteiger partial charge in [0.15, 0.2) is 0 Å². The molecule has 0 heterocycles. The van der Waals surface area contributed by atoms with E-state index in [4.69, 9.17) is 0 Å². The van der Waals surface area contributed by atoms with E-state index in [0.717, 1.165) is 34.8 Å². The number of allylic oxidation sites excluding steroid dienone is 8. The Hall–Kier alpha value is -0.823. The maximum absolute atomic E-state index is 2.71. The third-order valence-electron chi connectivity index (χ3n) is 7.06. The highest BCUT2D eigenvalue weighted by molar-refractivity contribution is 6.80. The molecular formula is C20H28Si. The predicted octanol–water partition coefficient (Wildman–Crippen LogP) is 5.74. The van der Waals surface area contributed by atoms with Crippen LogP contribution in [0.4, 0.5) is 0 Å². The third-order valence-corrected chi connectivity index (χ3v) is 12.2. The summed E-state index contributed by atoms with van der Waals surface area (Å²) in [7, 11) is -1.22. The molecule has 0 saturated heterocycles. The van der Waals surface area contributed by atoms with E-state index in [0.29, 0.717) is 0 Å². The first-order chi connectivity index (χ1) is 10.2. The summed E-state index contributed by atoms with van der Waals surface area (Å²) >= 11 is 0. The minimum absolute atomic E-state index is 0.853. The first-order valence-electron chi connectivity index (χ1n) is 8.88. The van der Waals surface area contributed by atoms with E-state index in [1.807, 2.05) is 0 Å². The Labute approximate surface area is 130 Å². The van der Waals surface area contributed by atoms with Crippen molar-refractivity contribution >= 4 is 8.07 Å². The predicted molar refractivity (Wildman–Crippen MR) is 94.0 cm³/mol. The van der Waals surface area contributed by atoms with Gasteiger partial charge in [0.05, 0.1) is 8.07 Å². The van der Waals surface area contributed by atoms with Gasteiger partial charge in [0.1, 0.15) is 0 Å². The van der Waals surface area contributed by atoms with Gasteiger partial charge in [-0.1, -0.05) is 74.5 Å². The van der Waals surface area contributed by atoms with Gasteiger partial charge in [0.2, 0.25) is 0 Å². The highest BCUT2D eigenvalue weighted by atomic mass is 28.3. The van der Waals surface area contributed by atoms with Crippen LogP contribution in [-0.4, -0.2) is 8.07 Å². The highest BCUT2D eigenvalue weighted by Gasteiger charge is 2.51. The fourth-order valence-electron chi connectivity index (χ4n) is 5.92. The molecule has 0 radical (unpaired) electrons. The number of hydrogen-bond acceptors (Lipinski definition) is 0. The van der Waals surface area contributed by atoms with Gasteiger partial charge >= 0.3 is 0 Å². The largest absolute Gasteiger partial charge is 0.0808 e. The molecule has 112 valence electrons. The van der Waals surface area contributed by atoms with E-state index in [2.05, 4.69) is 61.7 Å². The molecular weight excluding hydrogens is 268 g/mol. The molecule has 0 aromatic rings. The lowest BCUT2D eigenvalue weighted by Crippen LogP contribution is -2.42. The van der Waals surface area contributed by atoms with Crippen molar-refractivity contribution < 1.29 is 0 Å². The van der Waals surface area contributed by atoms with E-state index in [1.165, 1.54) is 25.7 Å². The van der Waals surface area contributed by atoms with Crippen molar-refractivity contribution in [1.82, 2.24) is 0 Å². The zero-order valence-electron chi connectivity index (χ0n) is 13.4. The Kier molecular flexibility index (Phi) is 3.37. The van der Waals surface area contributed by atoms with Crippen LogP contribution in [0.15, 0.2) is 48.6 Å². The molecule has 0 amide bonds. The lowest BCUT2D eigenvalue weighted by Gasteiger charge is -2.42. The fourth-order valence-corrected chi connectivity index (χ4v) is 11.0. The first kappa shape index (κ1) is 13.8. The van der Waals surface area contributed by atoms with Gasteiger partial charge in [-0.05, 0) is 47.6 Å². The molecule has 0 nitrogen and oxygen atoms in total. The summed E-state index contributed by atoms with van der Waals surface area (Å²) in [5.41, 5.74) is 2.01. The van der Waals surface area contributed by atoms with E-state index in [9.17, 15) is 0 Å². The van der Waals surface area contributed by atoms with Gasteiger partial charge in [0, 0.05) is 0 Å². The summed E-state index contributed by atoms with van der Waals surface area (Å²) in [5.74, 6) is 3.43. The van der Waals surface area contributed by atoms with Crippen LogP contribution in [0.1, 0.15) is 25.7 Å². The van der Waals surface area contributed by atoms with Crippen LogP contribution in [-0.2, 0) is 0 Å². The second-order valence-corrected chi connectivity index (χ2v) is 13.3. The van der Waals surface area contributed by atoms with Crippen LogP contribution in [0, 0.1) is 23.7 Å². The summed E-state index contributed by atoms with van der Waals surface area (Å²) in [4.78, 5) is 0. The van der Waals surface area contributed by atoms with Crippen molar-refractivity contribution in [2.45, 2.75) is 49.9 Å². The zero-order chi connectivity index (χ0) is 14.4. The Balaban J connectivity index is 1.59. The van der Waals surface area contributed by atoms with E-state index >= 15 is 0 Å². The molecule has 4 rings (SSSR count). The standard InChI is InChI=1S/C20H28Si/c1-21(2,19-13-11-15-7-3-5-9-17(15)19)20-14-12-16-8-4-6-10-18(16)20/h3-10,15-20H,11-14H2,1-2H3/t15?,16?,17?,18?,19-,20-/m0/s1. The van der Waals surface area contributed by atoms with Crippen LogP contribution in [0.5, 0.6) is 0 Å². The van der Waals surface area contributed by atoms with Crippen molar-refractivity contribution in [2.75, 3.05) is 0 Å². The first-order valence-corrected chi connectivity index (χ1v) is 12.0. The molecule has 4 unspecified atom stereocenters. The number of hydrogen-bond donors (Lipinski definition) is 0. The van der Waals surface area contributed by atoms with Gasteiger partial charge in [-0.3, -0.25) is 0 Å². The van der Waals surface area contributed by atoms with Crippen LogP contribution in [0.25, 0.3) is 0 Å². The minimum atomic E-state index is -1.22. The second-order valence-electron chi connectivity index (χ2n) is 8.21.